The smallest absolute Gasteiger partial charge is 0.191 e. The molecule has 1 fully saturated rings. The summed E-state index contributed by atoms with van der Waals surface area (Å²) >= 11 is 1.84. The lowest BCUT2D eigenvalue weighted by atomic mass is 10.1. The monoisotopic (exact) mass is 364 g/mol. The molecule has 2 rings (SSSR count). The predicted molar refractivity (Wildman–Crippen MR) is 109 cm³/mol. The molecule has 5 nitrogen and oxygen atoms in total. The van der Waals surface area contributed by atoms with Crippen LogP contribution in [-0.2, 0) is 0 Å². The van der Waals surface area contributed by atoms with Gasteiger partial charge in [-0.25, -0.2) is 0 Å². The van der Waals surface area contributed by atoms with Crippen molar-refractivity contribution in [1.82, 2.24) is 15.5 Å². The summed E-state index contributed by atoms with van der Waals surface area (Å²) in [5.74, 6) is 2.90. The zero-order valence-electron chi connectivity index (χ0n) is 15.8. The minimum Gasteiger partial charge on any atom is -0.497 e. The lowest BCUT2D eigenvalue weighted by molar-refractivity contribution is 0.251. The molecule has 1 unspecified atom stereocenters. The number of methoxy groups -OCH3 is 1. The van der Waals surface area contributed by atoms with Gasteiger partial charge < -0.3 is 15.4 Å². The van der Waals surface area contributed by atoms with E-state index in [1.54, 1.807) is 7.11 Å². The Balaban J connectivity index is 2.09. The molecule has 0 saturated carbocycles. The summed E-state index contributed by atoms with van der Waals surface area (Å²) in [5, 5.41) is 6.77. The quantitative estimate of drug-likeness (QED) is 0.401. The van der Waals surface area contributed by atoms with Gasteiger partial charge in [0.1, 0.15) is 5.75 Å². The van der Waals surface area contributed by atoms with Crippen LogP contribution in [0.3, 0.4) is 0 Å². The van der Waals surface area contributed by atoms with Gasteiger partial charge in [-0.1, -0.05) is 12.1 Å². The third-order valence-electron chi connectivity index (χ3n) is 4.45. The van der Waals surface area contributed by atoms with E-state index >= 15 is 0 Å². The highest BCUT2D eigenvalue weighted by Gasteiger charge is 2.23. The molecule has 0 spiro atoms. The first-order valence-corrected chi connectivity index (χ1v) is 10.6. The maximum Gasteiger partial charge on any atom is 0.191 e. The van der Waals surface area contributed by atoms with Crippen molar-refractivity contribution in [3.8, 4) is 5.75 Å². The van der Waals surface area contributed by atoms with Crippen LogP contribution in [0.1, 0.15) is 31.4 Å². The van der Waals surface area contributed by atoms with E-state index in [1.807, 2.05) is 23.9 Å². The molecule has 0 bridgehead atoms. The average molecular weight is 365 g/mol. The zero-order chi connectivity index (χ0) is 17.9. The Hall–Kier alpha value is -1.40. The molecule has 1 aliphatic heterocycles. The second kappa shape index (κ2) is 11.3. The minimum absolute atomic E-state index is 0.324. The third-order valence-corrected chi connectivity index (χ3v) is 5.06. The van der Waals surface area contributed by atoms with Crippen LogP contribution in [0.2, 0.25) is 0 Å². The number of hydrogen-bond donors (Lipinski definition) is 2. The molecule has 2 N–H and O–H groups in total. The van der Waals surface area contributed by atoms with Gasteiger partial charge in [0.05, 0.1) is 19.7 Å². The molecule has 1 atom stereocenters. The Morgan fingerprint density at radius 2 is 1.96 bits per heavy atom. The summed E-state index contributed by atoms with van der Waals surface area (Å²) in [6, 6.07) is 8.76. The molecule has 0 aromatic heterocycles. The van der Waals surface area contributed by atoms with E-state index in [0.717, 1.165) is 50.2 Å². The first-order valence-electron chi connectivity index (χ1n) is 9.17. The van der Waals surface area contributed by atoms with Crippen LogP contribution in [0.25, 0.3) is 0 Å². The SMILES string of the molecule is CCNC(=NCC(c1ccc(OC)cc1)N1CCCC1)NCCSC. The van der Waals surface area contributed by atoms with Gasteiger partial charge in [-0.15, -0.1) is 0 Å². The van der Waals surface area contributed by atoms with Crippen molar-refractivity contribution in [2.45, 2.75) is 25.8 Å². The van der Waals surface area contributed by atoms with Crippen molar-refractivity contribution < 1.29 is 4.74 Å². The van der Waals surface area contributed by atoms with Gasteiger partial charge in [-0.05, 0) is 56.8 Å². The number of ether oxygens (including phenoxy) is 1. The summed E-state index contributed by atoms with van der Waals surface area (Å²) in [4.78, 5) is 7.41. The Morgan fingerprint density at radius 1 is 1.24 bits per heavy atom. The minimum atomic E-state index is 0.324. The van der Waals surface area contributed by atoms with Crippen LogP contribution in [0.4, 0.5) is 0 Å². The van der Waals surface area contributed by atoms with Crippen LogP contribution in [-0.4, -0.2) is 62.7 Å². The largest absolute Gasteiger partial charge is 0.497 e. The van der Waals surface area contributed by atoms with Crippen molar-refractivity contribution in [3.05, 3.63) is 29.8 Å². The Morgan fingerprint density at radius 3 is 2.56 bits per heavy atom. The fourth-order valence-corrected chi connectivity index (χ4v) is 3.41. The van der Waals surface area contributed by atoms with Crippen LogP contribution in [0.15, 0.2) is 29.3 Å². The second-order valence-electron chi connectivity index (χ2n) is 6.17. The summed E-state index contributed by atoms with van der Waals surface area (Å²) in [6.45, 7) is 6.99. The van der Waals surface area contributed by atoms with Crippen LogP contribution in [0, 0.1) is 0 Å². The van der Waals surface area contributed by atoms with E-state index < -0.39 is 0 Å². The maximum absolute atomic E-state index is 5.30. The molecule has 1 aromatic rings. The molecule has 0 radical (unpaired) electrons. The fourth-order valence-electron chi connectivity index (χ4n) is 3.10. The highest BCUT2D eigenvalue weighted by molar-refractivity contribution is 7.98. The van der Waals surface area contributed by atoms with E-state index in [0.29, 0.717) is 6.04 Å². The first kappa shape index (κ1) is 19.9. The maximum atomic E-state index is 5.30. The average Bonchev–Trinajstić information content (AvgIpc) is 3.17. The topological polar surface area (TPSA) is 48.9 Å². The highest BCUT2D eigenvalue weighted by Crippen LogP contribution is 2.27. The van der Waals surface area contributed by atoms with Gasteiger partial charge in [-0.3, -0.25) is 9.89 Å². The van der Waals surface area contributed by atoms with Crippen molar-refractivity contribution >= 4 is 17.7 Å². The molecule has 25 heavy (non-hydrogen) atoms. The van der Waals surface area contributed by atoms with Crippen LogP contribution >= 0.6 is 11.8 Å². The van der Waals surface area contributed by atoms with E-state index in [4.69, 9.17) is 9.73 Å². The summed E-state index contributed by atoms with van der Waals surface area (Å²) in [5.41, 5.74) is 1.31. The summed E-state index contributed by atoms with van der Waals surface area (Å²) in [6.07, 6.45) is 4.68. The summed E-state index contributed by atoms with van der Waals surface area (Å²) in [7, 11) is 1.71. The van der Waals surface area contributed by atoms with Gasteiger partial charge in [0.25, 0.3) is 0 Å². The molecule has 1 saturated heterocycles. The molecule has 1 aromatic carbocycles. The lowest BCUT2D eigenvalue weighted by Gasteiger charge is -2.27. The number of aliphatic imine (C=N–C) groups is 1. The van der Waals surface area contributed by atoms with Crippen LogP contribution < -0.4 is 15.4 Å². The number of hydrogen-bond acceptors (Lipinski definition) is 4. The molecular weight excluding hydrogens is 332 g/mol. The van der Waals surface area contributed by atoms with Gasteiger partial charge in [-0.2, -0.15) is 11.8 Å². The highest BCUT2D eigenvalue weighted by atomic mass is 32.2. The molecule has 140 valence electrons. The number of nitrogens with zero attached hydrogens (tertiary/aromatic N) is 2. The van der Waals surface area contributed by atoms with E-state index in [1.165, 1.54) is 18.4 Å². The van der Waals surface area contributed by atoms with E-state index in [2.05, 4.69) is 40.8 Å². The third kappa shape index (κ3) is 6.44. The first-order chi connectivity index (χ1) is 12.3. The van der Waals surface area contributed by atoms with Crippen molar-refractivity contribution in [3.63, 3.8) is 0 Å². The standard InChI is InChI=1S/C19H32N4OS/c1-4-20-19(21-11-14-25-3)22-15-18(23-12-5-6-13-23)16-7-9-17(24-2)10-8-16/h7-10,18H,4-6,11-15H2,1-3H3,(H2,20,21,22). The van der Waals surface area contributed by atoms with Crippen molar-refractivity contribution in [2.75, 3.05) is 51.8 Å². The number of benzene rings is 1. The predicted octanol–water partition coefficient (Wildman–Crippen LogP) is 2.75. The molecule has 1 aliphatic rings. The molecule has 1 heterocycles. The number of thioether (sulfide) groups is 1. The van der Waals surface area contributed by atoms with Gasteiger partial charge >= 0.3 is 0 Å². The number of likely N-dealkylation sites (tertiary alicyclic amines) is 1. The molecular formula is C19H32N4OS. The Labute approximate surface area is 156 Å². The Kier molecular flexibility index (Phi) is 8.97. The number of nitrogens with one attached hydrogen (secondary N) is 2. The zero-order valence-corrected chi connectivity index (χ0v) is 16.6. The Bertz CT molecular complexity index is 515. The van der Waals surface area contributed by atoms with Crippen molar-refractivity contribution in [1.29, 1.82) is 0 Å². The lowest BCUT2D eigenvalue weighted by Crippen LogP contribution is -2.39. The normalized spacial score (nSPS) is 16.7. The second-order valence-corrected chi connectivity index (χ2v) is 7.16. The summed E-state index contributed by atoms with van der Waals surface area (Å²) < 4.78 is 5.30. The molecule has 0 aliphatic carbocycles. The van der Waals surface area contributed by atoms with Crippen molar-refractivity contribution in [2.24, 2.45) is 4.99 Å². The number of rotatable bonds is 9. The van der Waals surface area contributed by atoms with E-state index in [-0.39, 0.29) is 0 Å². The molecule has 6 heteroatoms. The van der Waals surface area contributed by atoms with Crippen LogP contribution in [0.5, 0.6) is 5.75 Å². The number of guanidine groups is 1. The fraction of sp³-hybridized carbons (Fsp3) is 0.632. The molecule has 0 amide bonds. The van der Waals surface area contributed by atoms with Gasteiger partial charge in [0.15, 0.2) is 5.96 Å². The van der Waals surface area contributed by atoms with Gasteiger partial charge in [0, 0.05) is 18.8 Å². The van der Waals surface area contributed by atoms with Gasteiger partial charge in [0.2, 0.25) is 0 Å². The van der Waals surface area contributed by atoms with E-state index in [9.17, 15) is 0 Å².